The molecular formula is C15H23N3O. The molecule has 1 aliphatic heterocycles. The normalized spacial score (nSPS) is 18.8. The van der Waals surface area contributed by atoms with Crippen molar-refractivity contribution in [2.45, 2.75) is 45.2 Å². The Kier molecular flexibility index (Phi) is 4.91. The maximum Gasteiger partial charge on any atom is 0.227 e. The predicted molar refractivity (Wildman–Crippen MR) is 75.8 cm³/mol. The zero-order chi connectivity index (χ0) is 13.7. The van der Waals surface area contributed by atoms with E-state index < -0.39 is 0 Å². The summed E-state index contributed by atoms with van der Waals surface area (Å²) in [4.78, 5) is 18.4. The second-order valence-electron chi connectivity index (χ2n) is 5.47. The van der Waals surface area contributed by atoms with Gasteiger partial charge in [0.05, 0.1) is 6.42 Å². The molecule has 4 heteroatoms. The zero-order valence-electron chi connectivity index (χ0n) is 11.8. The van der Waals surface area contributed by atoms with Crippen LogP contribution in [0.25, 0.3) is 0 Å². The molecule has 0 bridgehead atoms. The molecule has 19 heavy (non-hydrogen) atoms. The van der Waals surface area contributed by atoms with Gasteiger partial charge in [-0.2, -0.15) is 0 Å². The summed E-state index contributed by atoms with van der Waals surface area (Å²) in [5.74, 6) is 0.204. The summed E-state index contributed by atoms with van der Waals surface area (Å²) in [7, 11) is 0. The Hall–Kier alpha value is -1.42. The van der Waals surface area contributed by atoms with Crippen molar-refractivity contribution >= 4 is 5.91 Å². The van der Waals surface area contributed by atoms with Crippen LogP contribution in [-0.4, -0.2) is 41.0 Å². The fourth-order valence-corrected chi connectivity index (χ4v) is 2.53. The molecular weight excluding hydrogens is 238 g/mol. The largest absolute Gasteiger partial charge is 0.338 e. The first kappa shape index (κ1) is 14.0. The number of hydrogen-bond acceptors (Lipinski definition) is 3. The number of rotatable bonds is 5. The molecule has 1 aromatic heterocycles. The average molecular weight is 261 g/mol. The maximum atomic E-state index is 12.4. The maximum absolute atomic E-state index is 12.4. The molecule has 1 fully saturated rings. The predicted octanol–water partition coefficient (Wildman–Crippen LogP) is 1.61. The van der Waals surface area contributed by atoms with Crippen LogP contribution in [0.3, 0.4) is 0 Å². The molecule has 1 aliphatic rings. The lowest BCUT2D eigenvalue weighted by atomic mass is 10.1. The number of pyridine rings is 1. The van der Waals surface area contributed by atoms with Gasteiger partial charge >= 0.3 is 0 Å². The Morgan fingerprint density at radius 2 is 2.21 bits per heavy atom. The summed E-state index contributed by atoms with van der Waals surface area (Å²) >= 11 is 0. The van der Waals surface area contributed by atoms with Gasteiger partial charge in [-0.05, 0) is 50.9 Å². The monoisotopic (exact) mass is 261 g/mol. The molecule has 1 unspecified atom stereocenters. The van der Waals surface area contributed by atoms with E-state index in [2.05, 4.69) is 24.1 Å². The van der Waals surface area contributed by atoms with Gasteiger partial charge in [-0.1, -0.05) is 0 Å². The number of amides is 1. The Labute approximate surface area is 115 Å². The average Bonchev–Trinajstić information content (AvgIpc) is 2.89. The molecule has 0 aliphatic carbocycles. The summed E-state index contributed by atoms with van der Waals surface area (Å²) in [5.41, 5.74) is 1.03. The zero-order valence-corrected chi connectivity index (χ0v) is 11.8. The molecule has 1 atom stereocenters. The van der Waals surface area contributed by atoms with E-state index in [-0.39, 0.29) is 11.9 Å². The first-order valence-corrected chi connectivity index (χ1v) is 7.08. The van der Waals surface area contributed by atoms with Crippen molar-refractivity contribution in [3.05, 3.63) is 30.1 Å². The van der Waals surface area contributed by atoms with Crippen molar-refractivity contribution in [3.63, 3.8) is 0 Å². The van der Waals surface area contributed by atoms with Gasteiger partial charge in [0.1, 0.15) is 0 Å². The van der Waals surface area contributed by atoms with E-state index >= 15 is 0 Å². The highest BCUT2D eigenvalue weighted by Crippen LogP contribution is 2.11. The summed E-state index contributed by atoms with van der Waals surface area (Å²) < 4.78 is 0. The van der Waals surface area contributed by atoms with E-state index in [9.17, 15) is 4.79 Å². The number of hydrogen-bond donors (Lipinski definition) is 1. The third kappa shape index (κ3) is 4.03. The van der Waals surface area contributed by atoms with Crippen LogP contribution in [0, 0.1) is 0 Å². The van der Waals surface area contributed by atoms with Crippen molar-refractivity contribution in [1.29, 1.82) is 0 Å². The lowest BCUT2D eigenvalue weighted by Gasteiger charge is -2.29. The van der Waals surface area contributed by atoms with Crippen molar-refractivity contribution in [1.82, 2.24) is 15.2 Å². The number of nitrogens with zero attached hydrogens (tertiary/aromatic N) is 2. The quantitative estimate of drug-likeness (QED) is 0.876. The molecule has 1 aromatic rings. The number of carbonyl (C=O) groups is 1. The molecule has 4 nitrogen and oxygen atoms in total. The van der Waals surface area contributed by atoms with Gasteiger partial charge in [0, 0.05) is 31.0 Å². The molecule has 1 N–H and O–H groups in total. The summed E-state index contributed by atoms with van der Waals surface area (Å²) in [6, 6.07) is 4.52. The summed E-state index contributed by atoms with van der Waals surface area (Å²) in [6.07, 6.45) is 6.33. The lowest BCUT2D eigenvalue weighted by Crippen LogP contribution is -2.45. The van der Waals surface area contributed by atoms with E-state index in [4.69, 9.17) is 0 Å². The molecule has 0 aromatic carbocycles. The fraction of sp³-hybridized carbons (Fsp3) is 0.600. The van der Waals surface area contributed by atoms with Crippen molar-refractivity contribution in [2.75, 3.05) is 13.1 Å². The summed E-state index contributed by atoms with van der Waals surface area (Å²) in [6.45, 7) is 6.07. The van der Waals surface area contributed by atoms with Gasteiger partial charge in [-0.25, -0.2) is 0 Å². The van der Waals surface area contributed by atoms with E-state index in [1.54, 1.807) is 12.4 Å². The minimum atomic E-state index is 0.204. The number of nitrogens with one attached hydrogen (secondary N) is 1. The van der Waals surface area contributed by atoms with Crippen LogP contribution in [0.15, 0.2) is 24.5 Å². The van der Waals surface area contributed by atoms with Crippen LogP contribution in [0.4, 0.5) is 0 Å². The molecule has 2 heterocycles. The van der Waals surface area contributed by atoms with E-state index in [0.29, 0.717) is 12.5 Å². The van der Waals surface area contributed by atoms with Gasteiger partial charge < -0.3 is 10.2 Å². The van der Waals surface area contributed by atoms with Crippen LogP contribution in [0.1, 0.15) is 32.3 Å². The van der Waals surface area contributed by atoms with Crippen LogP contribution in [-0.2, 0) is 11.2 Å². The Morgan fingerprint density at radius 1 is 1.47 bits per heavy atom. The standard InChI is InChI=1S/C15H23N3O/c1-12(2)18(11-14-4-3-7-17-14)15(19)10-13-5-8-16-9-6-13/h5-6,8-9,12,14,17H,3-4,7,10-11H2,1-2H3. The van der Waals surface area contributed by atoms with Gasteiger partial charge in [0.2, 0.25) is 5.91 Å². The topological polar surface area (TPSA) is 45.2 Å². The molecule has 1 saturated heterocycles. The fourth-order valence-electron chi connectivity index (χ4n) is 2.53. The molecule has 0 spiro atoms. The highest BCUT2D eigenvalue weighted by molar-refractivity contribution is 5.79. The first-order chi connectivity index (χ1) is 9.16. The van der Waals surface area contributed by atoms with Crippen LogP contribution in [0.5, 0.6) is 0 Å². The Bertz CT molecular complexity index is 399. The Morgan fingerprint density at radius 3 is 2.79 bits per heavy atom. The third-order valence-corrected chi connectivity index (χ3v) is 3.63. The van der Waals surface area contributed by atoms with Crippen LogP contribution in [0.2, 0.25) is 0 Å². The Balaban J connectivity index is 1.96. The van der Waals surface area contributed by atoms with Crippen molar-refractivity contribution in [3.8, 4) is 0 Å². The first-order valence-electron chi connectivity index (χ1n) is 7.08. The minimum absolute atomic E-state index is 0.204. The highest BCUT2D eigenvalue weighted by atomic mass is 16.2. The van der Waals surface area contributed by atoms with Gasteiger partial charge in [-0.3, -0.25) is 9.78 Å². The molecule has 0 saturated carbocycles. The molecule has 104 valence electrons. The second-order valence-corrected chi connectivity index (χ2v) is 5.47. The van der Waals surface area contributed by atoms with Gasteiger partial charge in [0.25, 0.3) is 0 Å². The molecule has 2 rings (SSSR count). The number of carbonyl (C=O) groups excluding carboxylic acids is 1. The number of aromatic nitrogens is 1. The van der Waals surface area contributed by atoms with E-state index in [1.807, 2.05) is 17.0 Å². The van der Waals surface area contributed by atoms with Gasteiger partial charge in [-0.15, -0.1) is 0 Å². The van der Waals surface area contributed by atoms with E-state index in [1.165, 1.54) is 12.8 Å². The molecule has 0 radical (unpaired) electrons. The van der Waals surface area contributed by atoms with Crippen LogP contribution < -0.4 is 5.32 Å². The lowest BCUT2D eigenvalue weighted by molar-refractivity contribution is -0.132. The highest BCUT2D eigenvalue weighted by Gasteiger charge is 2.23. The van der Waals surface area contributed by atoms with Crippen molar-refractivity contribution in [2.24, 2.45) is 0 Å². The molecule has 1 amide bonds. The van der Waals surface area contributed by atoms with E-state index in [0.717, 1.165) is 18.7 Å². The summed E-state index contributed by atoms with van der Waals surface area (Å²) in [5, 5.41) is 3.46. The second kappa shape index (κ2) is 6.66. The van der Waals surface area contributed by atoms with Crippen LogP contribution >= 0.6 is 0 Å². The van der Waals surface area contributed by atoms with Crippen molar-refractivity contribution < 1.29 is 4.79 Å². The third-order valence-electron chi connectivity index (χ3n) is 3.63. The minimum Gasteiger partial charge on any atom is -0.338 e. The van der Waals surface area contributed by atoms with Gasteiger partial charge in [0.15, 0.2) is 0 Å². The smallest absolute Gasteiger partial charge is 0.227 e. The SMILES string of the molecule is CC(C)N(CC1CCCN1)C(=O)Cc1ccncc1.